The molecule has 0 aliphatic rings. The summed E-state index contributed by atoms with van der Waals surface area (Å²) in [5.41, 5.74) is 0.174. The maximum atomic E-state index is 13.2. The average molecular weight is 246 g/mol. The third-order valence-electron chi connectivity index (χ3n) is 2.18. The van der Waals surface area contributed by atoms with Crippen LogP contribution in [-0.2, 0) is 15.6 Å². The van der Waals surface area contributed by atoms with Crippen LogP contribution in [0.1, 0.15) is 12.5 Å². The lowest BCUT2D eigenvalue weighted by Gasteiger charge is -2.09. The summed E-state index contributed by atoms with van der Waals surface area (Å²) in [5, 5.41) is 8.78. The van der Waals surface area contributed by atoms with Gasteiger partial charge in [0.1, 0.15) is 5.82 Å². The highest BCUT2D eigenvalue weighted by molar-refractivity contribution is 7.90. The van der Waals surface area contributed by atoms with E-state index in [1.807, 2.05) is 0 Å². The molecule has 0 saturated heterocycles. The molecule has 1 atom stereocenters. The molecule has 0 amide bonds. The van der Waals surface area contributed by atoms with E-state index < -0.39 is 15.7 Å². The molecule has 1 aromatic rings. The molecule has 0 fully saturated rings. The van der Waals surface area contributed by atoms with Crippen molar-refractivity contribution in [1.29, 1.82) is 0 Å². The first kappa shape index (κ1) is 13.1. The Morgan fingerprint density at radius 1 is 1.38 bits per heavy atom. The fourth-order valence-electron chi connectivity index (χ4n) is 1.40. The first-order chi connectivity index (χ1) is 7.44. The van der Waals surface area contributed by atoms with E-state index in [1.54, 1.807) is 13.0 Å². The highest BCUT2D eigenvalue weighted by Gasteiger charge is 2.17. The summed E-state index contributed by atoms with van der Waals surface area (Å²) >= 11 is 0. The first-order valence-electron chi connectivity index (χ1n) is 4.99. The number of aliphatic hydroxyl groups excluding tert-OH is 1. The molecule has 0 spiro atoms. The molecule has 16 heavy (non-hydrogen) atoms. The van der Waals surface area contributed by atoms with Crippen molar-refractivity contribution in [2.24, 2.45) is 5.92 Å². The Balaban J connectivity index is 2.77. The number of sulfone groups is 1. The van der Waals surface area contributed by atoms with Gasteiger partial charge in [0, 0.05) is 12.2 Å². The highest BCUT2D eigenvalue weighted by atomic mass is 32.2. The molecular weight excluding hydrogens is 231 g/mol. The minimum atomic E-state index is -3.37. The SMILES string of the molecule is CC(CO)CS(=O)(=O)Cc1ccccc1F. The van der Waals surface area contributed by atoms with Gasteiger partial charge in [-0.1, -0.05) is 25.1 Å². The average Bonchev–Trinajstić information content (AvgIpc) is 2.20. The van der Waals surface area contributed by atoms with Gasteiger partial charge in [0.05, 0.1) is 11.5 Å². The molecule has 90 valence electrons. The molecule has 0 aliphatic carbocycles. The second-order valence-corrected chi connectivity index (χ2v) is 6.04. The van der Waals surface area contributed by atoms with Crippen molar-refractivity contribution in [3.05, 3.63) is 35.6 Å². The Hall–Kier alpha value is -0.940. The molecule has 3 nitrogen and oxygen atoms in total. The lowest BCUT2D eigenvalue weighted by atomic mass is 10.2. The van der Waals surface area contributed by atoms with Crippen molar-refractivity contribution in [1.82, 2.24) is 0 Å². The molecule has 0 aromatic heterocycles. The van der Waals surface area contributed by atoms with Crippen LogP contribution in [0.3, 0.4) is 0 Å². The summed E-state index contributed by atoms with van der Waals surface area (Å²) in [5.74, 6) is -1.28. The molecule has 5 heteroatoms. The Morgan fingerprint density at radius 3 is 2.56 bits per heavy atom. The van der Waals surface area contributed by atoms with Crippen molar-refractivity contribution in [3.63, 3.8) is 0 Å². The molecule has 0 bridgehead atoms. The number of benzene rings is 1. The fraction of sp³-hybridized carbons (Fsp3) is 0.455. The van der Waals surface area contributed by atoms with Crippen LogP contribution in [0.2, 0.25) is 0 Å². The summed E-state index contributed by atoms with van der Waals surface area (Å²) in [4.78, 5) is 0. The Labute approximate surface area is 94.8 Å². The predicted octanol–water partition coefficient (Wildman–Crippen LogP) is 1.37. The van der Waals surface area contributed by atoms with Gasteiger partial charge < -0.3 is 5.11 Å². The Morgan fingerprint density at radius 2 is 2.00 bits per heavy atom. The van der Waals surface area contributed by atoms with Gasteiger partial charge in [-0.15, -0.1) is 0 Å². The maximum absolute atomic E-state index is 13.2. The van der Waals surface area contributed by atoms with Gasteiger partial charge in [-0.05, 0) is 12.0 Å². The fourth-order valence-corrected chi connectivity index (χ4v) is 3.20. The largest absolute Gasteiger partial charge is 0.396 e. The van der Waals surface area contributed by atoms with Gasteiger partial charge in [0.25, 0.3) is 0 Å². The van der Waals surface area contributed by atoms with E-state index in [0.717, 1.165) is 0 Å². The van der Waals surface area contributed by atoms with Crippen molar-refractivity contribution in [2.75, 3.05) is 12.4 Å². The topological polar surface area (TPSA) is 54.4 Å². The maximum Gasteiger partial charge on any atom is 0.154 e. The van der Waals surface area contributed by atoms with E-state index >= 15 is 0 Å². The molecule has 1 aromatic carbocycles. The second-order valence-electron chi connectivity index (χ2n) is 3.93. The number of hydrogen-bond donors (Lipinski definition) is 1. The predicted molar refractivity (Wildman–Crippen MR) is 60.1 cm³/mol. The number of rotatable bonds is 5. The molecule has 0 saturated carbocycles. The summed E-state index contributed by atoms with van der Waals surface area (Å²) in [6, 6.07) is 5.81. The van der Waals surface area contributed by atoms with E-state index in [4.69, 9.17) is 5.11 Å². The van der Waals surface area contributed by atoms with E-state index in [9.17, 15) is 12.8 Å². The number of hydrogen-bond acceptors (Lipinski definition) is 3. The smallest absolute Gasteiger partial charge is 0.154 e. The van der Waals surface area contributed by atoms with Crippen LogP contribution in [0.4, 0.5) is 4.39 Å². The molecule has 1 unspecified atom stereocenters. The summed E-state index contributed by atoms with van der Waals surface area (Å²) in [6.45, 7) is 1.45. The summed E-state index contributed by atoms with van der Waals surface area (Å²) < 4.78 is 36.5. The quantitative estimate of drug-likeness (QED) is 0.853. The van der Waals surface area contributed by atoms with Gasteiger partial charge in [0.2, 0.25) is 0 Å². The zero-order valence-electron chi connectivity index (χ0n) is 9.06. The normalized spacial score (nSPS) is 13.7. The monoisotopic (exact) mass is 246 g/mol. The van der Waals surface area contributed by atoms with E-state index in [2.05, 4.69) is 0 Å². The van der Waals surface area contributed by atoms with Gasteiger partial charge in [-0.3, -0.25) is 0 Å². The van der Waals surface area contributed by atoms with Crippen LogP contribution in [0, 0.1) is 11.7 Å². The third-order valence-corrected chi connectivity index (χ3v) is 4.01. The lowest BCUT2D eigenvalue weighted by molar-refractivity contribution is 0.249. The van der Waals surface area contributed by atoms with E-state index in [0.29, 0.717) is 0 Å². The zero-order chi connectivity index (χ0) is 12.2. The van der Waals surface area contributed by atoms with Gasteiger partial charge in [-0.25, -0.2) is 12.8 Å². The third kappa shape index (κ3) is 3.90. The van der Waals surface area contributed by atoms with Crippen LogP contribution in [0.25, 0.3) is 0 Å². The Bertz CT molecular complexity index is 442. The molecule has 0 radical (unpaired) electrons. The van der Waals surface area contributed by atoms with Gasteiger partial charge in [0.15, 0.2) is 9.84 Å². The highest BCUT2D eigenvalue weighted by Crippen LogP contribution is 2.13. The summed E-state index contributed by atoms with van der Waals surface area (Å²) in [7, 11) is -3.37. The summed E-state index contributed by atoms with van der Waals surface area (Å²) in [6.07, 6.45) is 0. The van der Waals surface area contributed by atoms with Crippen molar-refractivity contribution < 1.29 is 17.9 Å². The van der Waals surface area contributed by atoms with Crippen LogP contribution >= 0.6 is 0 Å². The zero-order valence-corrected chi connectivity index (χ0v) is 9.87. The number of halogens is 1. The van der Waals surface area contributed by atoms with Crippen LogP contribution in [-0.4, -0.2) is 25.9 Å². The lowest BCUT2D eigenvalue weighted by Crippen LogP contribution is -2.18. The first-order valence-corrected chi connectivity index (χ1v) is 6.81. The van der Waals surface area contributed by atoms with Crippen LogP contribution < -0.4 is 0 Å². The van der Waals surface area contributed by atoms with E-state index in [-0.39, 0.29) is 29.6 Å². The molecule has 0 aliphatic heterocycles. The molecule has 0 heterocycles. The van der Waals surface area contributed by atoms with E-state index in [1.165, 1.54) is 18.2 Å². The Kier molecular flexibility index (Phi) is 4.44. The van der Waals surface area contributed by atoms with Crippen molar-refractivity contribution >= 4 is 9.84 Å². The number of aliphatic hydroxyl groups is 1. The van der Waals surface area contributed by atoms with Gasteiger partial charge >= 0.3 is 0 Å². The second kappa shape index (κ2) is 5.41. The molecule has 1 N–H and O–H groups in total. The van der Waals surface area contributed by atoms with Crippen LogP contribution in [0.5, 0.6) is 0 Å². The van der Waals surface area contributed by atoms with Gasteiger partial charge in [-0.2, -0.15) is 0 Å². The molecular formula is C11H15FO3S. The standard InChI is InChI=1S/C11H15FO3S/c1-9(6-13)7-16(14,15)8-10-4-2-3-5-11(10)12/h2-5,9,13H,6-8H2,1H3. The van der Waals surface area contributed by atoms with Crippen molar-refractivity contribution in [3.8, 4) is 0 Å². The molecule has 1 rings (SSSR count). The van der Waals surface area contributed by atoms with Crippen molar-refractivity contribution in [2.45, 2.75) is 12.7 Å². The minimum Gasteiger partial charge on any atom is -0.396 e. The van der Waals surface area contributed by atoms with Crippen LogP contribution in [0.15, 0.2) is 24.3 Å². The minimum absolute atomic E-state index is 0.127.